The van der Waals surface area contributed by atoms with Gasteiger partial charge in [-0.3, -0.25) is 9.48 Å². The summed E-state index contributed by atoms with van der Waals surface area (Å²) in [5, 5.41) is 16.0. The van der Waals surface area contributed by atoms with Crippen molar-refractivity contribution >= 4 is 12.0 Å². The molecule has 2 rings (SSSR count). The first-order valence-corrected chi connectivity index (χ1v) is 8.14. The highest BCUT2D eigenvalue weighted by Gasteiger charge is 2.31. The third-order valence-corrected chi connectivity index (χ3v) is 3.68. The fraction of sp³-hybridized carbons (Fsp3) is 0.688. The van der Waals surface area contributed by atoms with Crippen molar-refractivity contribution in [1.82, 2.24) is 20.0 Å². The molecule has 0 spiro atoms. The molecule has 0 fully saturated rings. The number of hydrogen-bond donors (Lipinski definition) is 2. The molecular formula is C16H26N4O4. The highest BCUT2D eigenvalue weighted by atomic mass is 16.6. The summed E-state index contributed by atoms with van der Waals surface area (Å²) in [6.45, 7) is 6.71. The lowest BCUT2D eigenvalue weighted by Crippen LogP contribution is -2.40. The number of nitrogens with one attached hydrogen (secondary N) is 1. The molecule has 1 aliphatic rings. The van der Waals surface area contributed by atoms with Crippen molar-refractivity contribution in [2.75, 3.05) is 19.7 Å². The monoisotopic (exact) mass is 338 g/mol. The summed E-state index contributed by atoms with van der Waals surface area (Å²) in [5.74, 6) is -0.245. The number of aliphatic hydroxyl groups is 1. The first-order chi connectivity index (χ1) is 11.2. The molecule has 0 aromatic carbocycles. The summed E-state index contributed by atoms with van der Waals surface area (Å²) in [7, 11) is 1.72. The molecule has 24 heavy (non-hydrogen) atoms. The van der Waals surface area contributed by atoms with E-state index in [-0.39, 0.29) is 18.6 Å². The topological polar surface area (TPSA) is 96.7 Å². The molecule has 8 heteroatoms. The zero-order valence-corrected chi connectivity index (χ0v) is 14.8. The molecule has 0 unspecified atom stereocenters. The van der Waals surface area contributed by atoms with Gasteiger partial charge in [0.25, 0.3) is 5.91 Å². The Morgan fingerprint density at radius 1 is 1.38 bits per heavy atom. The van der Waals surface area contributed by atoms with E-state index in [0.717, 1.165) is 11.3 Å². The molecule has 0 bridgehead atoms. The molecule has 2 amide bonds. The lowest BCUT2D eigenvalue weighted by atomic mass is 10.1. The highest BCUT2D eigenvalue weighted by Crippen LogP contribution is 2.23. The zero-order chi connectivity index (χ0) is 17.9. The van der Waals surface area contributed by atoms with Crippen LogP contribution < -0.4 is 5.32 Å². The normalized spacial score (nSPS) is 14.3. The average Bonchev–Trinajstić information content (AvgIpc) is 2.80. The molecule has 8 nitrogen and oxygen atoms in total. The maximum atomic E-state index is 12.4. The standard InChI is InChI=1S/C16H26N4O4/c1-16(2,3)24-15(23)20-8-6-12-11(10-20)13(19(4)18-12)14(22)17-7-5-9-21/h21H,5-10H2,1-4H3,(H,17,22). The van der Waals surface area contributed by atoms with Crippen molar-refractivity contribution in [3.8, 4) is 0 Å². The molecule has 0 saturated carbocycles. The lowest BCUT2D eigenvalue weighted by Gasteiger charge is -2.29. The summed E-state index contributed by atoms with van der Waals surface area (Å²) in [4.78, 5) is 26.3. The summed E-state index contributed by atoms with van der Waals surface area (Å²) in [5.41, 5.74) is 1.49. The van der Waals surface area contributed by atoms with Crippen molar-refractivity contribution in [2.24, 2.45) is 7.05 Å². The van der Waals surface area contributed by atoms with Crippen LogP contribution in [0.15, 0.2) is 0 Å². The molecule has 0 atom stereocenters. The van der Waals surface area contributed by atoms with E-state index in [2.05, 4.69) is 10.4 Å². The van der Waals surface area contributed by atoms with E-state index in [4.69, 9.17) is 9.84 Å². The Bertz CT molecular complexity index is 618. The summed E-state index contributed by atoms with van der Waals surface area (Å²) in [6.07, 6.45) is 0.700. The molecular weight excluding hydrogens is 312 g/mol. The van der Waals surface area contributed by atoms with E-state index in [9.17, 15) is 9.59 Å². The maximum Gasteiger partial charge on any atom is 0.410 e. The van der Waals surface area contributed by atoms with Gasteiger partial charge in [0, 0.05) is 38.7 Å². The quantitative estimate of drug-likeness (QED) is 0.793. The molecule has 1 aromatic rings. The van der Waals surface area contributed by atoms with Crippen molar-refractivity contribution in [2.45, 2.75) is 45.8 Å². The van der Waals surface area contributed by atoms with Crippen LogP contribution in [0.5, 0.6) is 0 Å². The SMILES string of the molecule is Cn1nc2c(c1C(=O)NCCCO)CN(C(=O)OC(C)(C)C)CC2. The van der Waals surface area contributed by atoms with E-state index in [1.54, 1.807) is 16.6 Å². The Hall–Kier alpha value is -2.09. The molecule has 2 heterocycles. The number of aliphatic hydroxyl groups excluding tert-OH is 1. The Balaban J connectivity index is 2.15. The van der Waals surface area contributed by atoms with Gasteiger partial charge in [0.1, 0.15) is 11.3 Å². The number of fused-ring (bicyclic) bond motifs is 1. The van der Waals surface area contributed by atoms with Crippen LogP contribution in [0.3, 0.4) is 0 Å². The second-order valence-corrected chi connectivity index (χ2v) is 6.88. The Morgan fingerprint density at radius 2 is 2.08 bits per heavy atom. The van der Waals surface area contributed by atoms with E-state index in [1.807, 2.05) is 20.8 Å². The molecule has 2 N–H and O–H groups in total. The molecule has 1 aromatic heterocycles. The van der Waals surface area contributed by atoms with E-state index >= 15 is 0 Å². The van der Waals surface area contributed by atoms with Crippen LogP contribution in [-0.2, 0) is 24.8 Å². The number of carbonyl (C=O) groups is 2. The minimum Gasteiger partial charge on any atom is -0.444 e. The van der Waals surface area contributed by atoms with Crippen molar-refractivity contribution < 1.29 is 19.4 Å². The summed E-state index contributed by atoms with van der Waals surface area (Å²) in [6, 6.07) is 0. The maximum absolute atomic E-state index is 12.4. The van der Waals surface area contributed by atoms with Crippen LogP contribution in [0.2, 0.25) is 0 Å². The molecule has 134 valence electrons. The third-order valence-electron chi connectivity index (χ3n) is 3.68. The molecule has 0 aliphatic carbocycles. The predicted molar refractivity (Wildman–Crippen MR) is 87.6 cm³/mol. The number of amides is 2. The number of carbonyl (C=O) groups excluding carboxylic acids is 2. The summed E-state index contributed by atoms with van der Waals surface area (Å²) < 4.78 is 6.96. The fourth-order valence-electron chi connectivity index (χ4n) is 2.63. The van der Waals surface area contributed by atoms with Crippen LogP contribution in [0.25, 0.3) is 0 Å². The van der Waals surface area contributed by atoms with Gasteiger partial charge in [-0.15, -0.1) is 0 Å². The first-order valence-electron chi connectivity index (χ1n) is 8.14. The van der Waals surface area contributed by atoms with Gasteiger partial charge in [-0.1, -0.05) is 0 Å². The van der Waals surface area contributed by atoms with Crippen molar-refractivity contribution in [1.29, 1.82) is 0 Å². The van der Waals surface area contributed by atoms with Gasteiger partial charge in [-0.05, 0) is 27.2 Å². The van der Waals surface area contributed by atoms with E-state index in [0.29, 0.717) is 38.2 Å². The van der Waals surface area contributed by atoms with Gasteiger partial charge in [-0.2, -0.15) is 5.10 Å². The zero-order valence-electron chi connectivity index (χ0n) is 14.8. The lowest BCUT2D eigenvalue weighted by molar-refractivity contribution is 0.0222. The number of nitrogens with zero attached hydrogens (tertiary/aromatic N) is 3. The Labute approximate surface area is 141 Å². The highest BCUT2D eigenvalue weighted by molar-refractivity contribution is 5.94. The van der Waals surface area contributed by atoms with Crippen molar-refractivity contribution in [3.05, 3.63) is 17.0 Å². The van der Waals surface area contributed by atoms with Crippen LogP contribution in [-0.4, -0.2) is 57.1 Å². The second-order valence-electron chi connectivity index (χ2n) is 6.88. The molecule has 1 aliphatic heterocycles. The average molecular weight is 338 g/mol. The van der Waals surface area contributed by atoms with E-state index in [1.165, 1.54) is 0 Å². The van der Waals surface area contributed by atoms with Crippen LogP contribution in [0.1, 0.15) is 48.9 Å². The van der Waals surface area contributed by atoms with Crippen LogP contribution in [0, 0.1) is 0 Å². The molecule has 0 radical (unpaired) electrons. The number of rotatable bonds is 4. The number of ether oxygens (including phenoxy) is 1. The van der Waals surface area contributed by atoms with Crippen LogP contribution >= 0.6 is 0 Å². The number of aromatic nitrogens is 2. The van der Waals surface area contributed by atoms with Gasteiger partial charge >= 0.3 is 6.09 Å². The number of hydrogen-bond acceptors (Lipinski definition) is 5. The summed E-state index contributed by atoms with van der Waals surface area (Å²) >= 11 is 0. The van der Waals surface area contributed by atoms with Crippen molar-refractivity contribution in [3.63, 3.8) is 0 Å². The fourth-order valence-corrected chi connectivity index (χ4v) is 2.63. The first kappa shape index (κ1) is 18.3. The van der Waals surface area contributed by atoms with Gasteiger partial charge < -0.3 is 20.1 Å². The largest absolute Gasteiger partial charge is 0.444 e. The van der Waals surface area contributed by atoms with Gasteiger partial charge in [0.2, 0.25) is 0 Å². The Kier molecular flexibility index (Phi) is 5.48. The molecule has 0 saturated heterocycles. The number of aryl methyl sites for hydroxylation is 1. The van der Waals surface area contributed by atoms with Gasteiger partial charge in [-0.25, -0.2) is 4.79 Å². The van der Waals surface area contributed by atoms with Gasteiger partial charge in [0.15, 0.2) is 0 Å². The minimum atomic E-state index is -0.559. The van der Waals surface area contributed by atoms with Gasteiger partial charge in [0.05, 0.1) is 12.2 Å². The Morgan fingerprint density at radius 3 is 2.71 bits per heavy atom. The minimum absolute atomic E-state index is 0.0240. The van der Waals surface area contributed by atoms with Crippen LogP contribution in [0.4, 0.5) is 4.79 Å². The van der Waals surface area contributed by atoms with E-state index < -0.39 is 5.60 Å². The third kappa shape index (κ3) is 4.25. The second kappa shape index (κ2) is 7.21. The predicted octanol–water partition coefficient (Wildman–Crippen LogP) is 0.825. The smallest absolute Gasteiger partial charge is 0.410 e.